The van der Waals surface area contributed by atoms with E-state index in [0.29, 0.717) is 6.07 Å². The molecule has 1 atom stereocenters. The highest BCUT2D eigenvalue weighted by atomic mass is 32.2. The average molecular weight is 277 g/mol. The molecular weight excluding hydrogens is 265 g/mol. The van der Waals surface area contributed by atoms with E-state index < -0.39 is 32.8 Å². The van der Waals surface area contributed by atoms with Crippen LogP contribution in [0, 0.1) is 5.82 Å². The van der Waals surface area contributed by atoms with E-state index in [1.165, 1.54) is 6.92 Å². The number of aromatic carboxylic acids is 1. The van der Waals surface area contributed by atoms with Gasteiger partial charge in [0.25, 0.3) is 0 Å². The average Bonchev–Trinajstić information content (AvgIpc) is 2.26. The normalized spacial score (nSPS) is 13.3. The maximum Gasteiger partial charge on any atom is 0.335 e. The molecule has 0 aliphatic carbocycles. The minimum absolute atomic E-state index is 0.261. The third-order valence-corrected chi connectivity index (χ3v) is 3.49. The van der Waals surface area contributed by atoms with Gasteiger partial charge in [-0.1, -0.05) is 0 Å². The van der Waals surface area contributed by atoms with Crippen LogP contribution in [0.25, 0.3) is 0 Å². The summed E-state index contributed by atoms with van der Waals surface area (Å²) in [6.45, 7) is 1.11. The molecule has 0 aliphatic heterocycles. The van der Waals surface area contributed by atoms with Gasteiger partial charge in [0.15, 0.2) is 0 Å². The van der Waals surface area contributed by atoms with E-state index in [9.17, 15) is 17.6 Å². The molecule has 6 nitrogen and oxygen atoms in total. The van der Waals surface area contributed by atoms with Gasteiger partial charge in [-0.2, -0.15) is 0 Å². The molecule has 0 aromatic heterocycles. The van der Waals surface area contributed by atoms with Crippen molar-refractivity contribution in [2.45, 2.75) is 17.9 Å². The number of carboxylic acid groups (broad SMARTS) is 1. The van der Waals surface area contributed by atoms with Crippen molar-refractivity contribution in [3.8, 4) is 0 Å². The Balaban J connectivity index is 3.06. The molecule has 1 aromatic rings. The SMILES string of the molecule is C[C@H](O)CNS(=O)(=O)c1ccc(C(=O)O)cc1F. The van der Waals surface area contributed by atoms with Crippen LogP contribution in [0.3, 0.4) is 0 Å². The minimum atomic E-state index is -4.11. The molecule has 100 valence electrons. The van der Waals surface area contributed by atoms with Gasteiger partial charge in [0.05, 0.1) is 11.7 Å². The number of carboxylic acids is 1. The molecule has 0 heterocycles. The van der Waals surface area contributed by atoms with E-state index in [-0.39, 0.29) is 12.1 Å². The van der Waals surface area contributed by atoms with Crippen LogP contribution >= 0.6 is 0 Å². The molecule has 1 aromatic carbocycles. The van der Waals surface area contributed by atoms with E-state index in [4.69, 9.17) is 10.2 Å². The molecule has 8 heteroatoms. The van der Waals surface area contributed by atoms with Gasteiger partial charge < -0.3 is 10.2 Å². The molecular formula is C10H12FNO5S. The Labute approximate surface area is 103 Å². The summed E-state index contributed by atoms with van der Waals surface area (Å²) < 4.78 is 38.7. The summed E-state index contributed by atoms with van der Waals surface area (Å²) in [7, 11) is -4.11. The van der Waals surface area contributed by atoms with Gasteiger partial charge >= 0.3 is 5.97 Å². The van der Waals surface area contributed by atoms with E-state index in [2.05, 4.69) is 0 Å². The molecule has 0 saturated carbocycles. The summed E-state index contributed by atoms with van der Waals surface area (Å²) in [6.07, 6.45) is -0.916. The summed E-state index contributed by atoms with van der Waals surface area (Å²) in [5.41, 5.74) is -0.345. The Bertz CT molecular complexity index is 555. The first-order chi connectivity index (χ1) is 8.24. The lowest BCUT2D eigenvalue weighted by molar-refractivity contribution is 0.0696. The Kier molecular flexibility index (Phi) is 4.38. The van der Waals surface area contributed by atoms with Crippen molar-refractivity contribution in [2.75, 3.05) is 6.54 Å². The smallest absolute Gasteiger partial charge is 0.335 e. The fourth-order valence-corrected chi connectivity index (χ4v) is 2.34. The second-order valence-corrected chi connectivity index (χ2v) is 5.39. The standard InChI is InChI=1S/C10H12FNO5S/c1-6(13)5-12-18(16,17)9-3-2-7(10(14)15)4-8(9)11/h2-4,6,12-13H,5H2,1H3,(H,14,15)/t6-/m0/s1. The van der Waals surface area contributed by atoms with Crippen molar-refractivity contribution < 1.29 is 27.8 Å². The molecule has 18 heavy (non-hydrogen) atoms. The van der Waals surface area contributed by atoms with Crippen LogP contribution in [-0.2, 0) is 10.0 Å². The van der Waals surface area contributed by atoms with Gasteiger partial charge in [0, 0.05) is 6.54 Å². The maximum absolute atomic E-state index is 13.5. The minimum Gasteiger partial charge on any atom is -0.478 e. The van der Waals surface area contributed by atoms with Crippen LogP contribution in [0.2, 0.25) is 0 Å². The number of aliphatic hydroxyl groups excluding tert-OH is 1. The fourth-order valence-electron chi connectivity index (χ4n) is 1.16. The van der Waals surface area contributed by atoms with Gasteiger partial charge in [0.2, 0.25) is 10.0 Å². The fraction of sp³-hybridized carbons (Fsp3) is 0.300. The number of sulfonamides is 1. The lowest BCUT2D eigenvalue weighted by Crippen LogP contribution is -2.31. The molecule has 0 amide bonds. The monoisotopic (exact) mass is 277 g/mol. The molecule has 0 bridgehead atoms. The number of hydrogen-bond acceptors (Lipinski definition) is 4. The molecule has 0 fully saturated rings. The molecule has 3 N–H and O–H groups in total. The zero-order valence-corrected chi connectivity index (χ0v) is 10.2. The maximum atomic E-state index is 13.5. The van der Waals surface area contributed by atoms with Crippen molar-refractivity contribution >= 4 is 16.0 Å². The number of benzene rings is 1. The van der Waals surface area contributed by atoms with Crippen molar-refractivity contribution in [1.29, 1.82) is 0 Å². The number of nitrogens with one attached hydrogen (secondary N) is 1. The largest absolute Gasteiger partial charge is 0.478 e. The van der Waals surface area contributed by atoms with E-state index >= 15 is 0 Å². The van der Waals surface area contributed by atoms with Crippen molar-refractivity contribution in [1.82, 2.24) is 4.72 Å². The zero-order chi connectivity index (χ0) is 13.9. The van der Waals surface area contributed by atoms with Crippen LogP contribution in [-0.4, -0.2) is 37.2 Å². The quantitative estimate of drug-likeness (QED) is 0.712. The number of carbonyl (C=O) groups is 1. The van der Waals surface area contributed by atoms with Crippen LogP contribution < -0.4 is 4.72 Å². The number of halogens is 1. The molecule has 0 aliphatic rings. The van der Waals surface area contributed by atoms with Gasteiger partial charge in [0.1, 0.15) is 10.7 Å². The van der Waals surface area contributed by atoms with Gasteiger partial charge in [-0.15, -0.1) is 0 Å². The zero-order valence-electron chi connectivity index (χ0n) is 9.42. The lowest BCUT2D eigenvalue weighted by Gasteiger charge is -2.09. The Morgan fingerprint density at radius 3 is 2.56 bits per heavy atom. The van der Waals surface area contributed by atoms with E-state index in [1.807, 2.05) is 4.72 Å². The molecule has 1 rings (SSSR count). The molecule has 0 spiro atoms. The topological polar surface area (TPSA) is 104 Å². The summed E-state index contributed by atoms with van der Waals surface area (Å²) in [6, 6.07) is 2.48. The highest BCUT2D eigenvalue weighted by molar-refractivity contribution is 7.89. The van der Waals surface area contributed by atoms with Crippen LogP contribution in [0.4, 0.5) is 4.39 Å². The number of aliphatic hydroxyl groups is 1. The number of rotatable bonds is 5. The van der Waals surface area contributed by atoms with Crippen LogP contribution in [0.5, 0.6) is 0 Å². The van der Waals surface area contributed by atoms with Crippen LogP contribution in [0.15, 0.2) is 23.1 Å². The molecule has 0 saturated heterocycles. The third-order valence-electron chi connectivity index (χ3n) is 2.04. The van der Waals surface area contributed by atoms with Crippen LogP contribution in [0.1, 0.15) is 17.3 Å². The summed E-state index contributed by atoms with van der Waals surface area (Å²) >= 11 is 0. The first-order valence-corrected chi connectivity index (χ1v) is 6.43. The molecule has 0 radical (unpaired) electrons. The predicted octanol–water partition coefficient (Wildman–Crippen LogP) is 0.183. The Morgan fingerprint density at radius 2 is 2.11 bits per heavy atom. The lowest BCUT2D eigenvalue weighted by atomic mass is 10.2. The second-order valence-electron chi connectivity index (χ2n) is 3.65. The predicted molar refractivity (Wildman–Crippen MR) is 60.2 cm³/mol. The Morgan fingerprint density at radius 1 is 1.50 bits per heavy atom. The highest BCUT2D eigenvalue weighted by Gasteiger charge is 2.20. The van der Waals surface area contributed by atoms with E-state index in [1.54, 1.807) is 0 Å². The van der Waals surface area contributed by atoms with E-state index in [0.717, 1.165) is 12.1 Å². The first-order valence-electron chi connectivity index (χ1n) is 4.94. The first kappa shape index (κ1) is 14.6. The summed E-state index contributed by atoms with van der Waals surface area (Å²) in [4.78, 5) is 9.91. The number of hydrogen-bond donors (Lipinski definition) is 3. The summed E-state index contributed by atoms with van der Waals surface area (Å²) in [5.74, 6) is -2.51. The third kappa shape index (κ3) is 3.49. The van der Waals surface area contributed by atoms with Crippen molar-refractivity contribution in [3.63, 3.8) is 0 Å². The van der Waals surface area contributed by atoms with Crippen molar-refractivity contribution in [3.05, 3.63) is 29.6 Å². The highest BCUT2D eigenvalue weighted by Crippen LogP contribution is 2.16. The van der Waals surface area contributed by atoms with Gasteiger partial charge in [-0.25, -0.2) is 22.3 Å². The Hall–Kier alpha value is -1.51. The molecule has 0 unspecified atom stereocenters. The van der Waals surface area contributed by atoms with Gasteiger partial charge in [-0.05, 0) is 25.1 Å². The van der Waals surface area contributed by atoms with Crippen molar-refractivity contribution in [2.24, 2.45) is 0 Å². The second kappa shape index (κ2) is 5.42. The van der Waals surface area contributed by atoms with Gasteiger partial charge in [-0.3, -0.25) is 0 Å². The summed E-state index contributed by atoms with van der Waals surface area (Å²) in [5, 5.41) is 17.6.